The van der Waals surface area contributed by atoms with Gasteiger partial charge >= 0.3 is 0 Å². The van der Waals surface area contributed by atoms with Crippen LogP contribution in [0.3, 0.4) is 0 Å². The highest BCUT2D eigenvalue weighted by Crippen LogP contribution is 2.60. The topological polar surface area (TPSA) is 98.6 Å². The minimum Gasteiger partial charge on any atom is -0.455 e. The molecular formula is C133H86N8OS3. The molecule has 0 bridgehead atoms. The number of hydrogen-bond donors (Lipinski definition) is 0. The first-order chi connectivity index (χ1) is 71.7. The van der Waals surface area contributed by atoms with Crippen molar-refractivity contribution < 1.29 is 4.42 Å². The molecule has 26 aromatic rings. The molecule has 0 saturated carbocycles. The third kappa shape index (κ3) is 15.0. The number of nitrogens with zero attached hydrogens (tertiary/aromatic N) is 8. The van der Waals surface area contributed by atoms with Crippen LogP contribution < -0.4 is 4.90 Å². The second kappa shape index (κ2) is 36.0. The van der Waals surface area contributed by atoms with Crippen LogP contribution in [0.25, 0.3) is 237 Å². The average molecular weight is 1910 g/mol. The Morgan fingerprint density at radius 3 is 1.54 bits per heavy atom. The van der Waals surface area contributed by atoms with Gasteiger partial charge in [-0.15, -0.1) is 22.7 Å². The molecule has 0 radical (unpaired) electrons. The Hall–Kier alpha value is -17.9. The van der Waals surface area contributed by atoms with E-state index in [2.05, 4.69) is 433 Å². The minimum atomic E-state index is -0.160. The third-order valence-electron chi connectivity index (χ3n) is 28.6. The molecule has 0 saturated heterocycles. The van der Waals surface area contributed by atoms with Crippen molar-refractivity contribution in [3.05, 3.63) is 496 Å². The van der Waals surface area contributed by atoms with Gasteiger partial charge in [-0.2, -0.15) is 0 Å². The van der Waals surface area contributed by atoms with Crippen molar-refractivity contribution in [2.75, 3.05) is 4.90 Å². The molecular weight excluding hydrogens is 1820 g/mol. The SMILES string of the molecule is CC1(C)c2ccccc2-c2ccccc2-c2c1ccc1ccn(-c3cccc(-c4cccc5c4sc4ccccc45)c3)c21.c1ccc(-c2nccc(-c3cccc4c3Sc3c(-c5ccnc(-c6ccccc6)n5)cc5ccsc5c3-c3ccccc3-4)n2)cc1.c1ccc(-c2oc3c4c(ccc3c2-c2ccccc2)N(c2cccc(-c3nc(-c5ccccc5)c5ccccc5n3)c2)c2ccccc2-c2ccccc2-4)cc1. The van der Waals surface area contributed by atoms with E-state index in [1.807, 2.05) is 108 Å². The second-order valence-corrected chi connectivity index (χ2v) is 40.3. The fourth-order valence-corrected chi connectivity index (χ4v) is 25.5. The van der Waals surface area contributed by atoms with Crippen LogP contribution in [0.15, 0.2) is 499 Å². The van der Waals surface area contributed by atoms with E-state index < -0.39 is 0 Å². The van der Waals surface area contributed by atoms with Gasteiger partial charge in [0, 0.05) is 153 Å². The lowest BCUT2D eigenvalue weighted by Gasteiger charge is -2.28. The first-order valence-electron chi connectivity index (χ1n) is 48.9. The van der Waals surface area contributed by atoms with E-state index in [0.29, 0.717) is 17.5 Å². The lowest BCUT2D eigenvalue weighted by atomic mass is 9.75. The lowest BCUT2D eigenvalue weighted by molar-refractivity contribution is 0.633. The smallest absolute Gasteiger partial charge is 0.160 e. The number of furan rings is 1. The number of fused-ring (bicyclic) bond motifs is 25. The Morgan fingerprint density at radius 1 is 0.290 bits per heavy atom. The van der Waals surface area contributed by atoms with Gasteiger partial charge in [-0.25, -0.2) is 29.9 Å². The summed E-state index contributed by atoms with van der Waals surface area (Å²) in [6, 6.07) is 164. The van der Waals surface area contributed by atoms with Crippen LogP contribution in [0.1, 0.15) is 25.0 Å². The van der Waals surface area contributed by atoms with E-state index in [9.17, 15) is 0 Å². The predicted octanol–water partition coefficient (Wildman–Crippen LogP) is 36.7. The zero-order valence-electron chi connectivity index (χ0n) is 78.9. The van der Waals surface area contributed by atoms with Gasteiger partial charge in [0.2, 0.25) is 0 Å². The summed E-state index contributed by atoms with van der Waals surface area (Å²) in [5.74, 6) is 2.96. The van der Waals surface area contributed by atoms with Crippen LogP contribution in [-0.2, 0) is 5.41 Å². The monoisotopic (exact) mass is 1910 g/mol. The molecule has 1 aliphatic carbocycles. The summed E-state index contributed by atoms with van der Waals surface area (Å²) in [5.41, 5.74) is 39.1. The fourth-order valence-electron chi connectivity index (χ4n) is 21.9. The molecule has 682 valence electrons. The Bertz CT molecular complexity index is 9610. The van der Waals surface area contributed by atoms with Crippen molar-refractivity contribution in [3.8, 4) is 174 Å². The quantitative estimate of drug-likeness (QED) is 0.125. The highest BCUT2D eigenvalue weighted by atomic mass is 32.2. The van der Waals surface area contributed by atoms with Crippen LogP contribution in [0, 0.1) is 0 Å². The summed E-state index contributed by atoms with van der Waals surface area (Å²) in [7, 11) is 0. The molecule has 145 heavy (non-hydrogen) atoms. The fraction of sp³-hybridized carbons (Fsp3) is 0.0226. The maximum atomic E-state index is 7.18. The summed E-state index contributed by atoms with van der Waals surface area (Å²) in [6.45, 7) is 4.75. The standard InChI is InChI=1S/C52H33N3O.C41H29NS.C40H24N4S2/c1-4-17-34(18-5-1)47-43-31-32-46-48(51(43)56-50(47)36-21-8-3-9-22-36)41-27-11-10-25-39(41)40-26-13-15-30-45(40)55(46)38-24-16-23-37(33-38)52-53-44-29-14-12-28-42(44)49(54-52)35-19-6-2-7-20-35;1-41(2)35-19-7-5-14-31(35)30-13-3-4-16-33(30)38-36(41)22-21-26-23-24-42(39(26)38)28-12-9-11-27(25-28)29-17-10-18-34-32-15-6-8-20-37(32)43-40(29)34;1-3-10-25(11-4-1)39-41-21-18-33(43-39)31-17-9-16-30-28-14-7-8-15-29(28)35-36-27(20-23-45-36)24-32(38(35)46-37(30)31)34-19-22-42-40(44-34)26-12-5-2-6-13-26/h1-33H;3-25H,1-2H3;1-24H. The lowest BCUT2D eigenvalue weighted by Crippen LogP contribution is -2.20. The molecule has 9 heterocycles. The highest BCUT2D eigenvalue weighted by Gasteiger charge is 2.37. The van der Waals surface area contributed by atoms with Gasteiger partial charge in [0.25, 0.3) is 0 Å². The summed E-state index contributed by atoms with van der Waals surface area (Å²) in [5, 5.41) is 9.42. The molecule has 12 heteroatoms. The molecule has 0 amide bonds. The van der Waals surface area contributed by atoms with E-state index in [-0.39, 0.29) is 5.41 Å². The van der Waals surface area contributed by atoms with Crippen molar-refractivity contribution in [2.24, 2.45) is 0 Å². The molecule has 29 rings (SSSR count). The second-order valence-electron chi connectivity index (χ2n) is 37.3. The van der Waals surface area contributed by atoms with Gasteiger partial charge in [-0.3, -0.25) is 0 Å². The number of rotatable bonds is 11. The van der Waals surface area contributed by atoms with Crippen molar-refractivity contribution in [1.29, 1.82) is 0 Å². The largest absolute Gasteiger partial charge is 0.455 e. The van der Waals surface area contributed by atoms with Gasteiger partial charge in [0.05, 0.1) is 39.5 Å². The van der Waals surface area contributed by atoms with Crippen LogP contribution >= 0.6 is 34.4 Å². The van der Waals surface area contributed by atoms with E-state index in [4.69, 9.17) is 24.4 Å². The van der Waals surface area contributed by atoms with Crippen molar-refractivity contribution in [2.45, 2.75) is 29.1 Å². The Balaban J connectivity index is 0.000000109. The molecule has 0 unspecified atom stereocenters. The van der Waals surface area contributed by atoms with Crippen molar-refractivity contribution in [1.82, 2.24) is 34.5 Å². The molecule has 0 fully saturated rings. The first-order valence-corrected chi connectivity index (χ1v) is 51.4. The van der Waals surface area contributed by atoms with Gasteiger partial charge in [0.1, 0.15) is 11.3 Å². The zero-order chi connectivity index (χ0) is 96.2. The summed E-state index contributed by atoms with van der Waals surface area (Å²) in [4.78, 5) is 34.6. The predicted molar refractivity (Wildman–Crippen MR) is 605 cm³/mol. The van der Waals surface area contributed by atoms with Crippen LogP contribution in [-0.4, -0.2) is 34.5 Å². The Labute approximate surface area is 850 Å². The molecule has 7 aromatic heterocycles. The minimum absolute atomic E-state index is 0.160. The van der Waals surface area contributed by atoms with Crippen LogP contribution in [0.4, 0.5) is 17.1 Å². The van der Waals surface area contributed by atoms with Gasteiger partial charge in [0.15, 0.2) is 17.5 Å². The number of para-hydroxylation sites is 2. The van der Waals surface area contributed by atoms with Crippen molar-refractivity contribution >= 4 is 115 Å². The Kier molecular flexibility index (Phi) is 21.4. The summed E-state index contributed by atoms with van der Waals surface area (Å²) >= 11 is 5.49. The normalized spacial score (nSPS) is 12.4. The maximum Gasteiger partial charge on any atom is 0.160 e. The number of aromatic nitrogens is 7. The molecule has 2 aliphatic heterocycles. The van der Waals surface area contributed by atoms with Crippen molar-refractivity contribution in [3.63, 3.8) is 0 Å². The van der Waals surface area contributed by atoms with Crippen LogP contribution in [0.5, 0.6) is 0 Å². The number of hydrogen-bond acceptors (Lipinski definition) is 11. The molecule has 0 atom stereocenters. The zero-order valence-corrected chi connectivity index (χ0v) is 81.3. The summed E-state index contributed by atoms with van der Waals surface area (Å²) in [6.07, 6.45) is 5.98. The van der Waals surface area contributed by atoms with E-state index in [1.165, 1.54) is 123 Å². The number of anilines is 3. The molecule has 0 N–H and O–H groups in total. The van der Waals surface area contributed by atoms with E-state index in [1.54, 1.807) is 11.3 Å². The Morgan fingerprint density at radius 2 is 0.821 bits per heavy atom. The molecule has 9 nitrogen and oxygen atoms in total. The van der Waals surface area contributed by atoms with Gasteiger partial charge in [-0.1, -0.05) is 402 Å². The number of thiophene rings is 2. The van der Waals surface area contributed by atoms with Gasteiger partial charge in [-0.05, 0) is 168 Å². The average Bonchev–Trinajstić information content (AvgIpc) is 1.57. The van der Waals surface area contributed by atoms with Gasteiger partial charge < -0.3 is 13.9 Å². The number of benzene rings is 19. The van der Waals surface area contributed by atoms with E-state index >= 15 is 0 Å². The third-order valence-corrected chi connectivity index (χ3v) is 32.0. The molecule has 3 aliphatic rings. The first kappa shape index (κ1) is 86.2. The maximum absolute atomic E-state index is 7.18. The molecule has 19 aromatic carbocycles. The van der Waals surface area contributed by atoms with E-state index in [0.717, 1.165) is 134 Å². The highest BCUT2D eigenvalue weighted by molar-refractivity contribution is 8.00. The summed E-state index contributed by atoms with van der Waals surface area (Å²) < 4.78 is 13.5. The van der Waals surface area contributed by atoms with Crippen LogP contribution in [0.2, 0.25) is 0 Å². The molecule has 0 spiro atoms.